The van der Waals surface area contributed by atoms with Gasteiger partial charge in [0, 0.05) is 11.7 Å². The van der Waals surface area contributed by atoms with Crippen LogP contribution in [0.5, 0.6) is 0 Å². The minimum absolute atomic E-state index is 0.168. The fraction of sp³-hybridized carbons (Fsp3) is 0.562. The standard InChI is InChI=1S/C16H26N2O2/c1-4-5-6-8-12(2)17-16(20)18-15-10-7-9-14(11-15)13(3)19/h7,9-13,19H,4-6,8H2,1-3H3,(H2,17,18,20). The van der Waals surface area contributed by atoms with Gasteiger partial charge in [0.2, 0.25) is 0 Å². The number of aliphatic hydroxyl groups is 1. The molecule has 4 heteroatoms. The van der Waals surface area contributed by atoms with Crippen LogP contribution in [0.15, 0.2) is 24.3 Å². The maximum Gasteiger partial charge on any atom is 0.319 e. The zero-order chi connectivity index (χ0) is 15.0. The number of aliphatic hydroxyl groups excluding tert-OH is 1. The summed E-state index contributed by atoms with van der Waals surface area (Å²) >= 11 is 0. The second-order valence-electron chi connectivity index (χ2n) is 5.30. The number of carbonyl (C=O) groups is 1. The molecule has 0 saturated carbocycles. The second kappa shape index (κ2) is 8.59. The van der Waals surface area contributed by atoms with Crippen LogP contribution in [-0.4, -0.2) is 17.2 Å². The molecule has 0 aromatic heterocycles. The van der Waals surface area contributed by atoms with Crippen molar-refractivity contribution in [2.75, 3.05) is 5.32 Å². The Bertz CT molecular complexity index is 419. The highest BCUT2D eigenvalue weighted by atomic mass is 16.3. The van der Waals surface area contributed by atoms with E-state index >= 15 is 0 Å². The Morgan fingerprint density at radius 1 is 1.30 bits per heavy atom. The molecule has 0 fully saturated rings. The number of amides is 2. The summed E-state index contributed by atoms with van der Waals surface area (Å²) in [7, 11) is 0. The van der Waals surface area contributed by atoms with Gasteiger partial charge in [-0.25, -0.2) is 4.79 Å². The summed E-state index contributed by atoms with van der Waals surface area (Å²) in [6, 6.07) is 7.22. The van der Waals surface area contributed by atoms with Crippen LogP contribution in [0.25, 0.3) is 0 Å². The lowest BCUT2D eigenvalue weighted by atomic mass is 10.1. The monoisotopic (exact) mass is 278 g/mol. The van der Waals surface area contributed by atoms with Crippen LogP contribution in [0.1, 0.15) is 58.1 Å². The van der Waals surface area contributed by atoms with Crippen molar-refractivity contribution in [2.24, 2.45) is 0 Å². The number of hydrogen-bond donors (Lipinski definition) is 3. The molecule has 3 N–H and O–H groups in total. The third-order valence-electron chi connectivity index (χ3n) is 3.25. The fourth-order valence-corrected chi connectivity index (χ4v) is 2.04. The maximum absolute atomic E-state index is 11.9. The number of hydrogen-bond acceptors (Lipinski definition) is 2. The molecule has 0 spiro atoms. The minimum atomic E-state index is -0.534. The third-order valence-corrected chi connectivity index (χ3v) is 3.25. The highest BCUT2D eigenvalue weighted by Gasteiger charge is 2.08. The number of urea groups is 1. The maximum atomic E-state index is 11.9. The van der Waals surface area contributed by atoms with Gasteiger partial charge in [-0.15, -0.1) is 0 Å². The molecule has 0 radical (unpaired) electrons. The molecule has 0 bridgehead atoms. The predicted molar refractivity (Wildman–Crippen MR) is 82.8 cm³/mol. The lowest BCUT2D eigenvalue weighted by Crippen LogP contribution is -2.36. The Balaban J connectivity index is 2.43. The molecule has 20 heavy (non-hydrogen) atoms. The van der Waals surface area contributed by atoms with Crippen molar-refractivity contribution in [3.63, 3.8) is 0 Å². The molecular weight excluding hydrogens is 252 g/mol. The van der Waals surface area contributed by atoms with Crippen molar-refractivity contribution in [3.05, 3.63) is 29.8 Å². The average molecular weight is 278 g/mol. The molecule has 1 rings (SSSR count). The minimum Gasteiger partial charge on any atom is -0.389 e. The quantitative estimate of drug-likeness (QED) is 0.664. The number of carbonyl (C=O) groups excluding carboxylic acids is 1. The molecule has 1 aromatic carbocycles. The Kier molecular flexibility index (Phi) is 7.09. The lowest BCUT2D eigenvalue weighted by molar-refractivity contribution is 0.199. The molecule has 0 aliphatic heterocycles. The first-order valence-corrected chi connectivity index (χ1v) is 7.38. The van der Waals surface area contributed by atoms with Crippen molar-refractivity contribution >= 4 is 11.7 Å². The van der Waals surface area contributed by atoms with Gasteiger partial charge in [-0.2, -0.15) is 0 Å². The SMILES string of the molecule is CCCCCC(C)NC(=O)Nc1cccc(C(C)O)c1. The van der Waals surface area contributed by atoms with Gasteiger partial charge in [-0.3, -0.25) is 0 Å². The van der Waals surface area contributed by atoms with Gasteiger partial charge in [0.05, 0.1) is 6.10 Å². The number of benzene rings is 1. The number of nitrogens with one attached hydrogen (secondary N) is 2. The largest absolute Gasteiger partial charge is 0.389 e. The Hall–Kier alpha value is -1.55. The van der Waals surface area contributed by atoms with E-state index in [9.17, 15) is 9.90 Å². The van der Waals surface area contributed by atoms with Crippen LogP contribution in [0.4, 0.5) is 10.5 Å². The Morgan fingerprint density at radius 2 is 2.05 bits per heavy atom. The van der Waals surface area contributed by atoms with Crippen molar-refractivity contribution in [3.8, 4) is 0 Å². The summed E-state index contributed by atoms with van der Waals surface area (Å²) < 4.78 is 0. The van der Waals surface area contributed by atoms with E-state index in [0.717, 1.165) is 18.4 Å². The average Bonchev–Trinajstić information content (AvgIpc) is 2.39. The summed E-state index contributed by atoms with van der Waals surface area (Å²) in [5.74, 6) is 0. The van der Waals surface area contributed by atoms with Crippen LogP contribution >= 0.6 is 0 Å². The first-order valence-electron chi connectivity index (χ1n) is 7.38. The first kappa shape index (κ1) is 16.5. The molecule has 1 aromatic rings. The second-order valence-corrected chi connectivity index (χ2v) is 5.30. The van der Waals surface area contributed by atoms with Crippen LogP contribution < -0.4 is 10.6 Å². The third kappa shape index (κ3) is 6.06. The molecule has 112 valence electrons. The van der Waals surface area contributed by atoms with Crippen molar-refractivity contribution in [2.45, 2.75) is 58.6 Å². The van der Waals surface area contributed by atoms with E-state index in [4.69, 9.17) is 0 Å². The van der Waals surface area contributed by atoms with Crippen molar-refractivity contribution in [1.29, 1.82) is 0 Å². The van der Waals surface area contributed by atoms with Crippen LogP contribution in [0, 0.1) is 0 Å². The first-order chi connectivity index (χ1) is 9.52. The van der Waals surface area contributed by atoms with Gasteiger partial charge in [0.1, 0.15) is 0 Å². The molecule has 0 aliphatic carbocycles. The van der Waals surface area contributed by atoms with Gasteiger partial charge >= 0.3 is 6.03 Å². The van der Waals surface area contributed by atoms with E-state index in [1.54, 1.807) is 13.0 Å². The normalized spacial score (nSPS) is 13.6. The predicted octanol–water partition coefficient (Wildman–Crippen LogP) is 3.83. The van der Waals surface area contributed by atoms with Gasteiger partial charge in [0.25, 0.3) is 0 Å². The van der Waals surface area contributed by atoms with Crippen molar-refractivity contribution in [1.82, 2.24) is 5.32 Å². The number of unbranched alkanes of at least 4 members (excludes halogenated alkanes) is 2. The molecule has 2 atom stereocenters. The number of rotatable bonds is 7. The zero-order valence-electron chi connectivity index (χ0n) is 12.6. The summed E-state index contributed by atoms with van der Waals surface area (Å²) in [6.45, 7) is 5.89. The Morgan fingerprint density at radius 3 is 2.70 bits per heavy atom. The van der Waals surface area contributed by atoms with Crippen LogP contribution in [0.2, 0.25) is 0 Å². The molecule has 2 amide bonds. The van der Waals surface area contributed by atoms with E-state index in [0.29, 0.717) is 5.69 Å². The van der Waals surface area contributed by atoms with E-state index in [1.807, 2.05) is 25.1 Å². The van der Waals surface area contributed by atoms with Gasteiger partial charge in [-0.05, 0) is 38.0 Å². The molecule has 4 nitrogen and oxygen atoms in total. The van der Waals surface area contributed by atoms with Crippen LogP contribution in [0.3, 0.4) is 0 Å². The topological polar surface area (TPSA) is 61.4 Å². The molecular formula is C16H26N2O2. The summed E-state index contributed by atoms with van der Waals surface area (Å²) in [5.41, 5.74) is 1.49. The van der Waals surface area contributed by atoms with E-state index in [1.165, 1.54) is 12.8 Å². The molecule has 0 heterocycles. The lowest BCUT2D eigenvalue weighted by Gasteiger charge is -2.15. The summed E-state index contributed by atoms with van der Waals surface area (Å²) in [4.78, 5) is 11.9. The fourth-order valence-electron chi connectivity index (χ4n) is 2.04. The van der Waals surface area contributed by atoms with Gasteiger partial charge in [-0.1, -0.05) is 38.3 Å². The van der Waals surface area contributed by atoms with E-state index < -0.39 is 6.10 Å². The summed E-state index contributed by atoms with van der Waals surface area (Å²) in [6.07, 6.45) is 3.98. The van der Waals surface area contributed by atoms with Gasteiger partial charge in [0.15, 0.2) is 0 Å². The van der Waals surface area contributed by atoms with E-state index in [2.05, 4.69) is 17.6 Å². The molecule has 0 saturated heterocycles. The van der Waals surface area contributed by atoms with Crippen LogP contribution in [-0.2, 0) is 0 Å². The highest BCUT2D eigenvalue weighted by molar-refractivity contribution is 5.89. The number of anilines is 1. The summed E-state index contributed by atoms with van der Waals surface area (Å²) in [5, 5.41) is 15.2. The van der Waals surface area contributed by atoms with E-state index in [-0.39, 0.29) is 12.1 Å². The smallest absolute Gasteiger partial charge is 0.319 e. The molecule has 0 aliphatic rings. The zero-order valence-corrected chi connectivity index (χ0v) is 12.6. The van der Waals surface area contributed by atoms with Gasteiger partial charge < -0.3 is 15.7 Å². The molecule has 2 unspecified atom stereocenters. The van der Waals surface area contributed by atoms with Crippen molar-refractivity contribution < 1.29 is 9.90 Å². The highest BCUT2D eigenvalue weighted by Crippen LogP contribution is 2.16. The Labute approximate surface area is 121 Å².